The lowest BCUT2D eigenvalue weighted by molar-refractivity contribution is 0.0526. The summed E-state index contributed by atoms with van der Waals surface area (Å²) in [5, 5.41) is 17.1. The molecule has 0 amide bonds. The van der Waals surface area contributed by atoms with E-state index in [0.29, 0.717) is 56.2 Å². The van der Waals surface area contributed by atoms with Crippen molar-refractivity contribution in [3.8, 4) is 17.1 Å². The molecule has 59 heavy (non-hydrogen) atoms. The first-order valence-corrected chi connectivity index (χ1v) is 19.7. The van der Waals surface area contributed by atoms with Gasteiger partial charge in [-0.25, -0.2) is 9.48 Å². The van der Waals surface area contributed by atoms with Crippen LogP contribution in [0, 0.1) is 0 Å². The van der Waals surface area contributed by atoms with Crippen molar-refractivity contribution in [2.24, 2.45) is 0 Å². The van der Waals surface area contributed by atoms with Gasteiger partial charge in [0.2, 0.25) is 0 Å². The molecule has 9 heteroatoms. The zero-order valence-electron chi connectivity index (χ0n) is 32.6. The minimum atomic E-state index is -0.995. The minimum Gasteiger partial charge on any atom is -0.488 e. The smallest absolute Gasteiger partial charge is 0.338 e. The first-order chi connectivity index (χ1) is 29.0. The van der Waals surface area contributed by atoms with Crippen LogP contribution in [0.4, 0.5) is 0 Å². The molecular formula is C50H39N5O4. The fourth-order valence-corrected chi connectivity index (χ4v) is 8.03. The van der Waals surface area contributed by atoms with Gasteiger partial charge in [0.1, 0.15) is 17.9 Å². The van der Waals surface area contributed by atoms with E-state index in [-0.39, 0.29) is 18.6 Å². The summed E-state index contributed by atoms with van der Waals surface area (Å²) >= 11 is 0. The molecule has 0 bridgehead atoms. The monoisotopic (exact) mass is 773 g/mol. The zero-order valence-corrected chi connectivity index (χ0v) is 32.6. The Morgan fingerprint density at radius 2 is 1.32 bits per heavy atom. The number of aromatic nitrogens is 5. The van der Waals surface area contributed by atoms with Gasteiger partial charge in [-0.15, -0.1) is 5.10 Å². The van der Waals surface area contributed by atoms with Crippen LogP contribution in [0.5, 0.6) is 5.75 Å². The molecule has 0 aliphatic carbocycles. The summed E-state index contributed by atoms with van der Waals surface area (Å²) in [6.07, 6.45) is 0.702. The normalized spacial score (nSPS) is 11.6. The maximum absolute atomic E-state index is 14.6. The molecule has 0 N–H and O–H groups in total. The Hall–Kier alpha value is -7.52. The number of aryl methyl sites for hydroxylation is 1. The number of rotatable bonds is 11. The van der Waals surface area contributed by atoms with Crippen molar-refractivity contribution >= 4 is 38.4 Å². The van der Waals surface area contributed by atoms with Gasteiger partial charge in [-0.2, -0.15) is 0 Å². The second-order valence-electron chi connectivity index (χ2n) is 14.3. The van der Waals surface area contributed by atoms with Crippen molar-refractivity contribution in [2.75, 3.05) is 6.61 Å². The molecule has 0 spiro atoms. The topological polar surface area (TPSA) is 109 Å². The summed E-state index contributed by atoms with van der Waals surface area (Å²) in [5.41, 5.74) is 5.25. The third kappa shape index (κ3) is 6.66. The molecule has 0 aliphatic heterocycles. The van der Waals surface area contributed by atoms with Crippen LogP contribution >= 0.6 is 0 Å². The van der Waals surface area contributed by atoms with Gasteiger partial charge in [-0.1, -0.05) is 134 Å². The predicted octanol–water partition coefficient (Wildman–Crippen LogP) is 9.71. The molecule has 9 nitrogen and oxygen atoms in total. The number of hydrogen-bond acceptors (Lipinski definition) is 8. The lowest BCUT2D eigenvalue weighted by Gasteiger charge is -2.36. The van der Waals surface area contributed by atoms with Gasteiger partial charge >= 0.3 is 5.97 Å². The molecule has 0 radical (unpaired) electrons. The van der Waals surface area contributed by atoms with Gasteiger partial charge < -0.3 is 9.47 Å². The number of carbonyl (C=O) groups is 1. The summed E-state index contributed by atoms with van der Waals surface area (Å²) in [6.45, 7) is 4.24. The molecule has 0 saturated heterocycles. The minimum absolute atomic E-state index is 0.120. The summed E-state index contributed by atoms with van der Waals surface area (Å²) in [7, 11) is 0. The highest BCUT2D eigenvalue weighted by molar-refractivity contribution is 6.02. The Kier molecular flexibility index (Phi) is 9.92. The van der Waals surface area contributed by atoms with Crippen LogP contribution in [0.15, 0.2) is 169 Å². The van der Waals surface area contributed by atoms with E-state index in [2.05, 4.69) is 41.6 Å². The molecule has 0 fully saturated rings. The van der Waals surface area contributed by atoms with E-state index in [4.69, 9.17) is 24.8 Å². The third-order valence-electron chi connectivity index (χ3n) is 10.8. The van der Waals surface area contributed by atoms with Crippen LogP contribution < -0.4 is 10.2 Å². The molecule has 9 aromatic rings. The van der Waals surface area contributed by atoms with Crippen LogP contribution in [0.1, 0.15) is 52.2 Å². The number of pyridine rings is 1. The molecule has 9 rings (SSSR count). The van der Waals surface area contributed by atoms with Gasteiger partial charge in [0, 0.05) is 33.5 Å². The van der Waals surface area contributed by atoms with E-state index in [9.17, 15) is 9.59 Å². The van der Waals surface area contributed by atoms with E-state index in [1.54, 1.807) is 19.1 Å². The standard InChI is InChI=1S/C50H39N5O4/c1-3-39-31-46(44-30-35(49(57)58-4-2)25-27-45(44)51-39)59-32-33-24-26-41-42(28-33)47(56)40-23-15-14-16-34(40)29-43(41)48-52-53-54-55(48)50(36-17-8-5-9-18-36,37-19-10-6-11-20-37)38-21-12-7-13-22-38/h5-31H,3-4,32H2,1-2H3. The predicted molar refractivity (Wildman–Crippen MR) is 231 cm³/mol. The van der Waals surface area contributed by atoms with Crippen molar-refractivity contribution in [1.29, 1.82) is 0 Å². The first-order valence-electron chi connectivity index (χ1n) is 19.7. The van der Waals surface area contributed by atoms with Gasteiger partial charge in [0.05, 0.1) is 17.7 Å². The number of benzene rings is 6. The number of ether oxygens (including phenoxy) is 2. The quantitative estimate of drug-likeness (QED) is 0.0945. The average Bonchev–Trinajstić information content (AvgIpc) is 3.74. The van der Waals surface area contributed by atoms with E-state index >= 15 is 0 Å². The van der Waals surface area contributed by atoms with Gasteiger partial charge in [-0.05, 0) is 87.1 Å². The molecule has 0 unspecified atom stereocenters. The number of tetrazole rings is 1. The molecule has 7 aromatic carbocycles. The molecule has 0 saturated carbocycles. The van der Waals surface area contributed by atoms with Crippen molar-refractivity contribution in [1.82, 2.24) is 25.2 Å². The fourth-order valence-electron chi connectivity index (χ4n) is 8.03. The Morgan fingerprint density at radius 1 is 0.661 bits per heavy atom. The van der Waals surface area contributed by atoms with E-state index < -0.39 is 11.5 Å². The molecule has 2 aromatic heterocycles. The molecule has 2 heterocycles. The van der Waals surface area contributed by atoms with Crippen molar-refractivity contribution in [3.63, 3.8) is 0 Å². The maximum Gasteiger partial charge on any atom is 0.338 e. The van der Waals surface area contributed by atoms with E-state index in [0.717, 1.165) is 33.3 Å². The summed E-state index contributed by atoms with van der Waals surface area (Å²) in [4.78, 5) is 32.1. The van der Waals surface area contributed by atoms with Crippen LogP contribution in [-0.2, 0) is 23.3 Å². The number of fused-ring (bicyclic) bond motifs is 3. The van der Waals surface area contributed by atoms with E-state index in [1.807, 2.05) is 127 Å². The Bertz CT molecular complexity index is 2950. The molecule has 288 valence electrons. The Balaban J connectivity index is 1.23. The lowest BCUT2D eigenvalue weighted by Crippen LogP contribution is -2.39. The van der Waals surface area contributed by atoms with E-state index in [1.165, 1.54) is 0 Å². The Labute approximate surface area is 340 Å². The highest BCUT2D eigenvalue weighted by Gasteiger charge is 2.42. The summed E-state index contributed by atoms with van der Waals surface area (Å²) in [6, 6.07) is 53.4. The van der Waals surface area contributed by atoms with Crippen LogP contribution in [0.25, 0.3) is 43.8 Å². The average molecular weight is 774 g/mol. The first kappa shape index (κ1) is 37.1. The van der Waals surface area contributed by atoms with Crippen molar-refractivity contribution < 1.29 is 14.3 Å². The van der Waals surface area contributed by atoms with Gasteiger partial charge in [0.25, 0.3) is 0 Å². The number of hydrogen-bond donors (Lipinski definition) is 0. The SMILES string of the molecule is CCOC(=O)c1ccc2nc(CC)cc(OCc3ccc4c(-c5nnnn5C(c5ccccc5)(c5ccccc5)c5ccccc5)cc5ccccc5c(=O)c4c3)c2c1. The summed E-state index contributed by atoms with van der Waals surface area (Å²) < 4.78 is 13.7. The van der Waals surface area contributed by atoms with Crippen LogP contribution in [0.2, 0.25) is 0 Å². The fraction of sp³-hybridized carbons (Fsp3) is 0.120. The Morgan fingerprint density at radius 3 is 1.98 bits per heavy atom. The molecular weight excluding hydrogens is 735 g/mol. The van der Waals surface area contributed by atoms with Crippen molar-refractivity contribution in [3.05, 3.63) is 208 Å². The highest BCUT2D eigenvalue weighted by atomic mass is 16.5. The van der Waals surface area contributed by atoms with Gasteiger partial charge in [-0.3, -0.25) is 9.78 Å². The lowest BCUT2D eigenvalue weighted by atomic mass is 9.77. The van der Waals surface area contributed by atoms with Crippen LogP contribution in [-0.4, -0.2) is 37.8 Å². The van der Waals surface area contributed by atoms with Crippen LogP contribution in [0.3, 0.4) is 0 Å². The van der Waals surface area contributed by atoms with Crippen molar-refractivity contribution in [2.45, 2.75) is 32.4 Å². The highest BCUT2D eigenvalue weighted by Crippen LogP contribution is 2.43. The number of esters is 1. The summed E-state index contributed by atoms with van der Waals surface area (Å²) in [5.74, 6) is 0.667. The molecule has 0 aliphatic rings. The van der Waals surface area contributed by atoms with Gasteiger partial charge in [0.15, 0.2) is 11.3 Å². The zero-order chi connectivity index (χ0) is 40.3. The second kappa shape index (κ2) is 15.8. The largest absolute Gasteiger partial charge is 0.488 e. The third-order valence-corrected chi connectivity index (χ3v) is 10.8. The second-order valence-corrected chi connectivity index (χ2v) is 14.3. The maximum atomic E-state index is 14.6. The number of nitrogens with zero attached hydrogens (tertiary/aromatic N) is 5. The molecule has 0 atom stereocenters. The number of carbonyl (C=O) groups excluding carboxylic acids is 1.